The van der Waals surface area contributed by atoms with Crippen molar-refractivity contribution < 1.29 is 17.4 Å². The van der Waals surface area contributed by atoms with E-state index in [1.807, 2.05) is 0 Å². The van der Waals surface area contributed by atoms with Crippen LogP contribution in [-0.4, -0.2) is 19.2 Å². The highest BCUT2D eigenvalue weighted by Gasteiger charge is 2.20. The summed E-state index contributed by atoms with van der Waals surface area (Å²) in [4.78, 5) is 15.2. The van der Waals surface area contributed by atoms with Crippen LogP contribution < -0.4 is 4.18 Å². The van der Waals surface area contributed by atoms with Crippen molar-refractivity contribution in [1.29, 1.82) is 0 Å². The lowest BCUT2D eigenvalue weighted by Gasteiger charge is -2.09. The van der Waals surface area contributed by atoms with Crippen molar-refractivity contribution in [2.45, 2.75) is 24.7 Å². The Morgan fingerprint density at radius 1 is 1.04 bits per heavy atom. The number of benzene rings is 2. The van der Waals surface area contributed by atoms with Crippen LogP contribution in [0.15, 0.2) is 65.7 Å². The average Bonchev–Trinajstić information content (AvgIpc) is 2.60. The number of hydrogen-bond acceptors (Lipinski definition) is 5. The molecule has 128 valence electrons. The number of Topliss-reactive ketones (excluding diaryl/α,β-unsaturated/α-hetero) is 1. The molecule has 5 nitrogen and oxygen atoms in total. The summed E-state index contributed by atoms with van der Waals surface area (Å²) in [7, 11) is -4.00. The second-order valence-corrected chi connectivity index (χ2v) is 7.23. The fourth-order valence-corrected chi connectivity index (χ4v) is 3.59. The summed E-state index contributed by atoms with van der Waals surface area (Å²) in [5.74, 6) is 0.339. The molecule has 0 radical (unpaired) electrons. The van der Waals surface area contributed by atoms with Crippen molar-refractivity contribution in [3.63, 3.8) is 0 Å². The number of nitrogens with zero attached hydrogens (tertiary/aromatic N) is 1. The van der Waals surface area contributed by atoms with Gasteiger partial charge in [0.2, 0.25) is 0 Å². The van der Waals surface area contributed by atoms with Gasteiger partial charge in [-0.3, -0.25) is 4.98 Å². The third-order valence-corrected chi connectivity index (χ3v) is 5.04. The Hall–Kier alpha value is -2.73. The predicted molar refractivity (Wildman–Crippen MR) is 95.0 cm³/mol. The highest BCUT2D eigenvalue weighted by molar-refractivity contribution is 7.87. The van der Waals surface area contributed by atoms with Crippen molar-refractivity contribution in [2.24, 2.45) is 0 Å². The van der Waals surface area contributed by atoms with Gasteiger partial charge >= 0.3 is 10.1 Å². The second-order valence-electron chi connectivity index (χ2n) is 5.71. The van der Waals surface area contributed by atoms with Gasteiger partial charge in [-0.15, -0.1) is 0 Å². The normalized spacial score (nSPS) is 11.4. The summed E-state index contributed by atoms with van der Waals surface area (Å²) in [6.07, 6.45) is 2.63. The minimum atomic E-state index is -4.00. The lowest BCUT2D eigenvalue weighted by Crippen LogP contribution is -2.10. The third kappa shape index (κ3) is 4.03. The first kappa shape index (κ1) is 17.1. The SMILES string of the molecule is CC(=O)CCc1ccc(OS(=O)(=O)c2cccc3cccnc23)cc1. The molecule has 3 rings (SSSR count). The Morgan fingerprint density at radius 3 is 2.48 bits per heavy atom. The van der Waals surface area contributed by atoms with Crippen molar-refractivity contribution >= 4 is 26.8 Å². The standard InChI is InChI=1S/C19H17NO4S/c1-14(21)7-8-15-9-11-17(12-10-15)24-25(22,23)18-6-2-4-16-5-3-13-20-19(16)18/h2-6,9-13H,7-8H2,1H3. The first-order valence-corrected chi connectivity index (χ1v) is 9.23. The molecule has 6 heteroatoms. The maximum Gasteiger partial charge on any atom is 0.341 e. The topological polar surface area (TPSA) is 73.3 Å². The van der Waals surface area contributed by atoms with Crippen LogP contribution in [0.3, 0.4) is 0 Å². The quantitative estimate of drug-likeness (QED) is 0.633. The van der Waals surface area contributed by atoms with E-state index in [1.165, 1.54) is 6.07 Å². The molecule has 0 saturated carbocycles. The molecule has 0 saturated heterocycles. The number of rotatable bonds is 6. The number of pyridine rings is 1. The summed E-state index contributed by atoms with van der Waals surface area (Å²) in [6, 6.07) is 15.2. The van der Waals surface area contributed by atoms with Gasteiger partial charge < -0.3 is 8.98 Å². The molecule has 1 heterocycles. The zero-order chi connectivity index (χ0) is 17.9. The number of carbonyl (C=O) groups is 1. The molecule has 0 amide bonds. The van der Waals surface area contributed by atoms with Gasteiger partial charge in [0.15, 0.2) is 0 Å². The van der Waals surface area contributed by atoms with Crippen molar-refractivity contribution in [1.82, 2.24) is 4.98 Å². The molecule has 0 bridgehead atoms. The van der Waals surface area contributed by atoms with E-state index in [-0.39, 0.29) is 16.4 Å². The van der Waals surface area contributed by atoms with Gasteiger partial charge in [0.1, 0.15) is 16.4 Å². The largest absolute Gasteiger partial charge is 0.379 e. The smallest absolute Gasteiger partial charge is 0.341 e. The molecular weight excluding hydrogens is 338 g/mol. The Kier molecular flexibility index (Phi) is 4.81. The molecule has 0 fully saturated rings. The molecule has 0 unspecified atom stereocenters. The van der Waals surface area contributed by atoms with Crippen LogP contribution in [0, 0.1) is 0 Å². The molecular formula is C19H17NO4S. The molecule has 0 atom stereocenters. The molecule has 0 aliphatic carbocycles. The molecule has 0 spiro atoms. The molecule has 1 aromatic heterocycles. The van der Waals surface area contributed by atoms with Crippen LogP contribution in [0.25, 0.3) is 10.9 Å². The Balaban J connectivity index is 1.85. The van der Waals surface area contributed by atoms with E-state index in [0.717, 1.165) is 10.9 Å². The van der Waals surface area contributed by atoms with Crippen molar-refractivity contribution in [2.75, 3.05) is 0 Å². The van der Waals surface area contributed by atoms with Gasteiger partial charge in [-0.25, -0.2) is 0 Å². The minimum absolute atomic E-state index is 0.0336. The van der Waals surface area contributed by atoms with E-state index in [4.69, 9.17) is 4.18 Å². The van der Waals surface area contributed by atoms with Gasteiger partial charge in [-0.05, 0) is 43.2 Å². The fraction of sp³-hybridized carbons (Fsp3) is 0.158. The summed E-state index contributed by atoms with van der Waals surface area (Å²) in [6.45, 7) is 1.54. The maximum absolute atomic E-state index is 12.6. The number of fused-ring (bicyclic) bond motifs is 1. The van der Waals surface area contributed by atoms with Crippen molar-refractivity contribution in [3.8, 4) is 5.75 Å². The van der Waals surface area contributed by atoms with Crippen LogP contribution in [0.2, 0.25) is 0 Å². The number of hydrogen-bond donors (Lipinski definition) is 0. The van der Waals surface area contributed by atoms with E-state index in [2.05, 4.69) is 4.98 Å². The Labute approximate surface area is 146 Å². The summed E-state index contributed by atoms with van der Waals surface area (Å²) in [5.41, 5.74) is 1.33. The van der Waals surface area contributed by atoms with Gasteiger partial charge in [0.25, 0.3) is 0 Å². The fourth-order valence-electron chi connectivity index (χ4n) is 2.48. The van der Waals surface area contributed by atoms with Crippen LogP contribution >= 0.6 is 0 Å². The molecule has 0 aliphatic rings. The molecule has 0 N–H and O–H groups in total. The van der Waals surface area contributed by atoms with Gasteiger partial charge in [0.05, 0.1) is 5.52 Å². The number of carbonyl (C=O) groups excluding carboxylic acids is 1. The lowest BCUT2D eigenvalue weighted by atomic mass is 10.1. The first-order valence-electron chi connectivity index (χ1n) is 7.82. The number of ketones is 1. The first-order chi connectivity index (χ1) is 12.0. The minimum Gasteiger partial charge on any atom is -0.379 e. The van der Waals surface area contributed by atoms with Crippen LogP contribution in [-0.2, 0) is 21.3 Å². The lowest BCUT2D eigenvalue weighted by molar-refractivity contribution is -0.116. The van der Waals surface area contributed by atoms with Crippen LogP contribution in [0.5, 0.6) is 5.75 Å². The highest BCUT2D eigenvalue weighted by Crippen LogP contribution is 2.24. The van der Waals surface area contributed by atoms with E-state index in [0.29, 0.717) is 18.4 Å². The van der Waals surface area contributed by atoms with Crippen molar-refractivity contribution in [3.05, 3.63) is 66.4 Å². The zero-order valence-electron chi connectivity index (χ0n) is 13.7. The van der Waals surface area contributed by atoms with E-state index in [1.54, 1.807) is 61.7 Å². The summed E-state index contributed by atoms with van der Waals surface area (Å²) < 4.78 is 30.5. The monoisotopic (exact) mass is 355 g/mol. The molecule has 3 aromatic rings. The van der Waals surface area contributed by atoms with Crippen LogP contribution in [0.1, 0.15) is 18.9 Å². The number of aromatic nitrogens is 1. The Bertz CT molecular complexity index is 1010. The Morgan fingerprint density at radius 2 is 1.76 bits per heavy atom. The number of aryl methyl sites for hydroxylation is 1. The summed E-state index contributed by atoms with van der Waals surface area (Å²) >= 11 is 0. The third-order valence-electron chi connectivity index (χ3n) is 3.76. The molecule has 2 aromatic carbocycles. The summed E-state index contributed by atoms with van der Waals surface area (Å²) in [5, 5.41) is 0.728. The number of para-hydroxylation sites is 1. The van der Waals surface area contributed by atoms with E-state index >= 15 is 0 Å². The predicted octanol–water partition coefficient (Wildman–Crippen LogP) is 3.52. The molecule has 25 heavy (non-hydrogen) atoms. The van der Waals surface area contributed by atoms with E-state index in [9.17, 15) is 13.2 Å². The van der Waals surface area contributed by atoms with E-state index < -0.39 is 10.1 Å². The molecule has 0 aliphatic heterocycles. The second kappa shape index (κ2) is 7.03. The zero-order valence-corrected chi connectivity index (χ0v) is 14.5. The van der Waals surface area contributed by atoms with Gasteiger partial charge in [-0.1, -0.05) is 30.3 Å². The van der Waals surface area contributed by atoms with Gasteiger partial charge in [0, 0.05) is 18.0 Å². The van der Waals surface area contributed by atoms with Gasteiger partial charge in [-0.2, -0.15) is 8.42 Å². The average molecular weight is 355 g/mol. The van der Waals surface area contributed by atoms with Crippen LogP contribution in [0.4, 0.5) is 0 Å². The maximum atomic E-state index is 12.6. The highest BCUT2D eigenvalue weighted by atomic mass is 32.2.